The molecule has 102 valence electrons. The third-order valence-electron chi connectivity index (χ3n) is 4.83. The Labute approximate surface area is 117 Å². The van der Waals surface area contributed by atoms with E-state index in [0.717, 1.165) is 17.2 Å². The average molecular weight is 266 g/mol. The van der Waals surface area contributed by atoms with E-state index >= 15 is 0 Å². The lowest BCUT2D eigenvalue weighted by Crippen LogP contribution is -2.34. The van der Waals surface area contributed by atoms with Crippen molar-refractivity contribution < 1.29 is 10.2 Å². The Morgan fingerprint density at radius 1 is 1.00 bits per heavy atom. The molecular formula is C18H18O2. The second-order valence-corrected chi connectivity index (χ2v) is 6.00. The van der Waals surface area contributed by atoms with Crippen molar-refractivity contribution in [1.82, 2.24) is 0 Å². The Hall–Kier alpha value is -1.96. The van der Waals surface area contributed by atoms with Gasteiger partial charge in [-0.15, -0.1) is 0 Å². The Bertz CT molecular complexity index is 817. The van der Waals surface area contributed by atoms with E-state index in [9.17, 15) is 10.2 Å². The minimum atomic E-state index is -0.0394. The topological polar surface area (TPSA) is 40.5 Å². The van der Waals surface area contributed by atoms with Crippen molar-refractivity contribution in [2.75, 3.05) is 0 Å². The number of aromatic hydroxyl groups is 2. The van der Waals surface area contributed by atoms with Gasteiger partial charge in [0.05, 0.1) is 0 Å². The highest BCUT2D eigenvalue weighted by Crippen LogP contribution is 2.35. The van der Waals surface area contributed by atoms with Crippen LogP contribution in [0.2, 0.25) is 0 Å². The molecule has 2 aliphatic carbocycles. The molecule has 2 aliphatic rings. The van der Waals surface area contributed by atoms with Crippen LogP contribution in [0.3, 0.4) is 0 Å². The SMILES string of the molecule is Oc1cc2ccc3c(c2cc1O)=C1CCCCC1CC=3. The highest BCUT2D eigenvalue weighted by Gasteiger charge is 2.22. The predicted molar refractivity (Wildman–Crippen MR) is 81.0 cm³/mol. The van der Waals surface area contributed by atoms with E-state index < -0.39 is 0 Å². The van der Waals surface area contributed by atoms with Gasteiger partial charge < -0.3 is 10.2 Å². The summed E-state index contributed by atoms with van der Waals surface area (Å²) in [4.78, 5) is 0. The van der Waals surface area contributed by atoms with Gasteiger partial charge in [0.15, 0.2) is 11.5 Å². The molecule has 1 atom stereocenters. The molecule has 0 aromatic heterocycles. The molecule has 2 aromatic carbocycles. The third kappa shape index (κ3) is 1.64. The van der Waals surface area contributed by atoms with Crippen molar-refractivity contribution in [3.05, 3.63) is 34.7 Å². The fraction of sp³-hybridized carbons (Fsp3) is 0.333. The molecule has 1 saturated carbocycles. The van der Waals surface area contributed by atoms with E-state index in [1.165, 1.54) is 36.1 Å². The van der Waals surface area contributed by atoms with Gasteiger partial charge in [0.1, 0.15) is 0 Å². The van der Waals surface area contributed by atoms with E-state index in [4.69, 9.17) is 0 Å². The zero-order valence-corrected chi connectivity index (χ0v) is 11.4. The lowest BCUT2D eigenvalue weighted by molar-refractivity contribution is 0.405. The first-order valence-corrected chi connectivity index (χ1v) is 7.42. The summed E-state index contributed by atoms with van der Waals surface area (Å²) in [6, 6.07) is 7.57. The number of benzene rings is 2. The smallest absolute Gasteiger partial charge is 0.158 e. The van der Waals surface area contributed by atoms with Crippen molar-refractivity contribution in [2.45, 2.75) is 32.1 Å². The molecule has 0 bridgehead atoms. The lowest BCUT2D eigenvalue weighted by Gasteiger charge is -2.27. The minimum Gasteiger partial charge on any atom is -0.504 e. The minimum absolute atomic E-state index is 0.0237. The quantitative estimate of drug-likeness (QED) is 0.720. The number of fused-ring (bicyclic) bond motifs is 4. The first kappa shape index (κ1) is 11.8. The second-order valence-electron chi connectivity index (χ2n) is 6.00. The zero-order valence-electron chi connectivity index (χ0n) is 11.4. The number of hydrogen-bond donors (Lipinski definition) is 2. The molecule has 4 rings (SSSR count). The molecule has 2 N–H and O–H groups in total. The number of hydrogen-bond acceptors (Lipinski definition) is 2. The van der Waals surface area contributed by atoms with Crippen LogP contribution in [0.1, 0.15) is 32.1 Å². The summed E-state index contributed by atoms with van der Waals surface area (Å²) in [7, 11) is 0. The van der Waals surface area contributed by atoms with E-state index in [2.05, 4.69) is 12.1 Å². The molecule has 1 fully saturated rings. The van der Waals surface area contributed by atoms with Gasteiger partial charge in [-0.25, -0.2) is 0 Å². The van der Waals surface area contributed by atoms with Crippen LogP contribution in [0.15, 0.2) is 24.3 Å². The summed E-state index contributed by atoms with van der Waals surface area (Å²) >= 11 is 0. The maximum absolute atomic E-state index is 9.85. The first-order valence-electron chi connectivity index (χ1n) is 7.42. The number of rotatable bonds is 0. The molecule has 0 radical (unpaired) electrons. The van der Waals surface area contributed by atoms with Gasteiger partial charge in [0.2, 0.25) is 0 Å². The highest BCUT2D eigenvalue weighted by molar-refractivity contribution is 5.88. The van der Waals surface area contributed by atoms with Crippen LogP contribution >= 0.6 is 0 Å². The molecule has 0 heterocycles. The van der Waals surface area contributed by atoms with Crippen molar-refractivity contribution in [2.24, 2.45) is 5.92 Å². The van der Waals surface area contributed by atoms with E-state index in [0.29, 0.717) is 5.92 Å². The summed E-state index contributed by atoms with van der Waals surface area (Å²) in [5.41, 5.74) is 1.56. The molecular weight excluding hydrogens is 248 g/mol. The summed E-state index contributed by atoms with van der Waals surface area (Å²) < 4.78 is 0. The van der Waals surface area contributed by atoms with Crippen LogP contribution < -0.4 is 10.4 Å². The third-order valence-corrected chi connectivity index (χ3v) is 4.83. The monoisotopic (exact) mass is 266 g/mol. The van der Waals surface area contributed by atoms with E-state index in [1.807, 2.05) is 6.07 Å². The summed E-state index contributed by atoms with van der Waals surface area (Å²) in [5.74, 6) is 0.615. The van der Waals surface area contributed by atoms with Crippen LogP contribution in [0.4, 0.5) is 0 Å². The molecule has 20 heavy (non-hydrogen) atoms. The van der Waals surface area contributed by atoms with Gasteiger partial charge in [-0.3, -0.25) is 0 Å². The van der Waals surface area contributed by atoms with Gasteiger partial charge >= 0.3 is 0 Å². The second kappa shape index (κ2) is 4.27. The summed E-state index contributed by atoms with van der Waals surface area (Å²) in [6.07, 6.45) is 8.54. The Balaban J connectivity index is 2.17. The molecule has 2 heteroatoms. The van der Waals surface area contributed by atoms with E-state index in [-0.39, 0.29) is 11.5 Å². The van der Waals surface area contributed by atoms with Crippen LogP contribution in [0.5, 0.6) is 11.5 Å². The van der Waals surface area contributed by atoms with Crippen molar-refractivity contribution >= 4 is 22.4 Å². The predicted octanol–water partition coefficient (Wildman–Crippen LogP) is 2.78. The fourth-order valence-corrected chi connectivity index (χ4v) is 3.84. The largest absolute Gasteiger partial charge is 0.504 e. The van der Waals surface area contributed by atoms with Crippen LogP contribution in [-0.4, -0.2) is 10.2 Å². The number of phenols is 2. The van der Waals surface area contributed by atoms with Gasteiger partial charge in [-0.05, 0) is 64.9 Å². The molecule has 0 spiro atoms. The average Bonchev–Trinajstić information content (AvgIpc) is 2.48. The highest BCUT2D eigenvalue weighted by atomic mass is 16.3. The van der Waals surface area contributed by atoms with Crippen molar-refractivity contribution in [3.8, 4) is 11.5 Å². The molecule has 2 aromatic rings. The molecule has 0 amide bonds. The summed E-state index contributed by atoms with van der Waals surface area (Å²) in [6.45, 7) is 0. The Morgan fingerprint density at radius 2 is 1.85 bits per heavy atom. The van der Waals surface area contributed by atoms with Crippen molar-refractivity contribution in [1.29, 1.82) is 0 Å². The van der Waals surface area contributed by atoms with Crippen LogP contribution in [-0.2, 0) is 0 Å². The lowest BCUT2D eigenvalue weighted by atomic mass is 9.77. The Kier molecular flexibility index (Phi) is 2.53. The molecule has 1 unspecified atom stereocenters. The molecule has 2 nitrogen and oxygen atoms in total. The Morgan fingerprint density at radius 3 is 2.75 bits per heavy atom. The van der Waals surface area contributed by atoms with Crippen LogP contribution in [0.25, 0.3) is 22.4 Å². The summed E-state index contributed by atoms with van der Waals surface area (Å²) in [5, 5.41) is 24.2. The van der Waals surface area contributed by atoms with Crippen LogP contribution in [0, 0.1) is 5.92 Å². The maximum atomic E-state index is 9.85. The fourth-order valence-electron chi connectivity index (χ4n) is 3.84. The normalized spacial score (nSPS) is 21.2. The maximum Gasteiger partial charge on any atom is 0.158 e. The van der Waals surface area contributed by atoms with E-state index in [1.54, 1.807) is 17.7 Å². The zero-order chi connectivity index (χ0) is 13.7. The van der Waals surface area contributed by atoms with Gasteiger partial charge in [0, 0.05) is 0 Å². The van der Waals surface area contributed by atoms with Gasteiger partial charge in [-0.1, -0.05) is 30.2 Å². The molecule has 0 aliphatic heterocycles. The first-order chi connectivity index (χ1) is 9.74. The van der Waals surface area contributed by atoms with Gasteiger partial charge in [-0.2, -0.15) is 0 Å². The number of phenolic OH excluding ortho intramolecular Hbond substituents is 2. The standard InChI is InChI=1S/C18H18O2/c19-16-9-13-8-7-12-6-5-11-3-1-2-4-14(11)18(12)15(13)10-17(16)20/h6-11,19-20H,1-5H2. The molecule has 0 saturated heterocycles. The van der Waals surface area contributed by atoms with Crippen molar-refractivity contribution in [3.63, 3.8) is 0 Å². The van der Waals surface area contributed by atoms with Gasteiger partial charge in [0.25, 0.3) is 0 Å².